The molecule has 0 spiro atoms. The maximum atomic E-state index is 12.1. The van der Waals surface area contributed by atoms with Gasteiger partial charge in [-0.25, -0.2) is 4.79 Å². The molecule has 2 aromatic rings. The normalized spacial score (nSPS) is 10.2. The van der Waals surface area contributed by atoms with Crippen LogP contribution in [-0.4, -0.2) is 25.6 Å². The zero-order valence-electron chi connectivity index (χ0n) is 14.0. The summed E-state index contributed by atoms with van der Waals surface area (Å²) in [5, 5.41) is 2.91. The summed E-state index contributed by atoms with van der Waals surface area (Å²) in [5.41, 5.74) is 8.12. The van der Waals surface area contributed by atoms with Crippen LogP contribution in [0, 0.1) is 6.92 Å². The van der Waals surface area contributed by atoms with Crippen LogP contribution in [0.5, 0.6) is 5.75 Å². The van der Waals surface area contributed by atoms with Crippen LogP contribution in [-0.2, 0) is 16.1 Å². The number of carbonyl (C=O) groups is 2. The van der Waals surface area contributed by atoms with Crippen LogP contribution in [0.1, 0.15) is 21.5 Å². The molecular formula is C18H19ClN2O4. The molecule has 0 aromatic heterocycles. The number of halogens is 1. The van der Waals surface area contributed by atoms with E-state index in [9.17, 15) is 9.59 Å². The number of anilines is 1. The number of nitrogens with two attached hydrogens (primary N) is 1. The number of carbonyl (C=O) groups excluding carboxylic acids is 2. The SMILES string of the molecule is COc1cc(N)c(Cl)cc1C(=O)OCC(=O)NCc1ccccc1C. The van der Waals surface area contributed by atoms with Crippen LogP contribution >= 0.6 is 11.6 Å². The number of hydrogen-bond donors (Lipinski definition) is 2. The molecule has 0 radical (unpaired) electrons. The van der Waals surface area contributed by atoms with Crippen LogP contribution < -0.4 is 15.8 Å². The van der Waals surface area contributed by atoms with Crippen molar-refractivity contribution in [2.24, 2.45) is 0 Å². The van der Waals surface area contributed by atoms with Gasteiger partial charge in [-0.1, -0.05) is 35.9 Å². The largest absolute Gasteiger partial charge is 0.496 e. The zero-order chi connectivity index (χ0) is 18.4. The number of rotatable bonds is 6. The van der Waals surface area contributed by atoms with Crippen LogP contribution in [0.15, 0.2) is 36.4 Å². The lowest BCUT2D eigenvalue weighted by Crippen LogP contribution is -2.28. The predicted octanol–water partition coefficient (Wildman–Crippen LogP) is 2.71. The molecule has 1 amide bonds. The fraction of sp³-hybridized carbons (Fsp3) is 0.222. The predicted molar refractivity (Wildman–Crippen MR) is 95.7 cm³/mol. The molecule has 2 aromatic carbocycles. The Morgan fingerprint density at radius 2 is 1.96 bits per heavy atom. The second kappa shape index (κ2) is 8.39. The summed E-state index contributed by atoms with van der Waals surface area (Å²) in [7, 11) is 1.40. The Labute approximate surface area is 150 Å². The highest BCUT2D eigenvalue weighted by Gasteiger charge is 2.17. The Bertz CT molecular complexity index is 793. The molecule has 0 aliphatic heterocycles. The van der Waals surface area contributed by atoms with Gasteiger partial charge in [-0.3, -0.25) is 4.79 Å². The second-order valence-electron chi connectivity index (χ2n) is 5.35. The highest BCUT2D eigenvalue weighted by molar-refractivity contribution is 6.33. The summed E-state index contributed by atoms with van der Waals surface area (Å²) in [5.74, 6) is -0.894. The molecule has 132 valence electrons. The highest BCUT2D eigenvalue weighted by atomic mass is 35.5. The smallest absolute Gasteiger partial charge is 0.342 e. The summed E-state index contributed by atoms with van der Waals surface area (Å²) >= 11 is 5.91. The lowest BCUT2D eigenvalue weighted by atomic mass is 10.1. The first-order chi connectivity index (χ1) is 11.9. The van der Waals surface area contributed by atoms with Gasteiger partial charge >= 0.3 is 5.97 Å². The van der Waals surface area contributed by atoms with Gasteiger partial charge in [-0.05, 0) is 24.1 Å². The monoisotopic (exact) mass is 362 g/mol. The van der Waals surface area contributed by atoms with Gasteiger partial charge in [0.2, 0.25) is 0 Å². The van der Waals surface area contributed by atoms with Crippen LogP contribution in [0.2, 0.25) is 5.02 Å². The first-order valence-electron chi connectivity index (χ1n) is 7.53. The fourth-order valence-electron chi connectivity index (χ4n) is 2.16. The molecule has 0 unspecified atom stereocenters. The number of ether oxygens (including phenoxy) is 2. The van der Waals surface area contributed by atoms with E-state index in [2.05, 4.69) is 5.32 Å². The third kappa shape index (κ3) is 4.87. The Balaban J connectivity index is 1.92. The molecule has 0 saturated carbocycles. The van der Waals surface area contributed by atoms with Gasteiger partial charge in [-0.2, -0.15) is 0 Å². The van der Waals surface area contributed by atoms with Crippen molar-refractivity contribution in [1.29, 1.82) is 0 Å². The zero-order valence-corrected chi connectivity index (χ0v) is 14.7. The fourth-order valence-corrected chi connectivity index (χ4v) is 2.32. The number of nitrogen functional groups attached to an aromatic ring is 1. The highest BCUT2D eigenvalue weighted by Crippen LogP contribution is 2.29. The lowest BCUT2D eigenvalue weighted by molar-refractivity contribution is -0.124. The van der Waals surface area contributed by atoms with Crippen molar-refractivity contribution in [3.63, 3.8) is 0 Å². The summed E-state index contributed by atoms with van der Waals surface area (Å²) in [6.45, 7) is 1.91. The quantitative estimate of drug-likeness (QED) is 0.609. The van der Waals surface area contributed by atoms with Crippen LogP contribution in [0.3, 0.4) is 0 Å². The number of aryl methyl sites for hydroxylation is 1. The minimum Gasteiger partial charge on any atom is -0.496 e. The van der Waals surface area contributed by atoms with E-state index in [0.717, 1.165) is 11.1 Å². The standard InChI is InChI=1S/C18H19ClN2O4/c1-11-5-3-4-6-12(11)9-21-17(22)10-25-18(23)13-7-14(19)15(20)8-16(13)24-2/h3-8H,9-10,20H2,1-2H3,(H,21,22). The molecule has 0 aliphatic rings. The molecule has 25 heavy (non-hydrogen) atoms. The summed E-state index contributed by atoms with van der Waals surface area (Å²) in [4.78, 5) is 24.0. The average Bonchev–Trinajstić information content (AvgIpc) is 2.60. The number of nitrogens with one attached hydrogen (secondary N) is 1. The van der Waals surface area contributed by atoms with Gasteiger partial charge in [0.15, 0.2) is 6.61 Å². The van der Waals surface area contributed by atoms with E-state index in [4.69, 9.17) is 26.8 Å². The number of benzene rings is 2. The van der Waals surface area contributed by atoms with Gasteiger partial charge in [0.1, 0.15) is 11.3 Å². The average molecular weight is 363 g/mol. The van der Waals surface area contributed by atoms with Gasteiger partial charge in [0.25, 0.3) is 5.91 Å². The summed E-state index contributed by atoms with van der Waals surface area (Å²) < 4.78 is 10.1. The van der Waals surface area contributed by atoms with E-state index in [-0.39, 0.29) is 22.0 Å². The molecule has 3 N–H and O–H groups in total. The van der Waals surface area contributed by atoms with E-state index in [0.29, 0.717) is 6.54 Å². The third-order valence-corrected chi connectivity index (χ3v) is 3.94. The van der Waals surface area contributed by atoms with Gasteiger partial charge in [0.05, 0.1) is 17.8 Å². The lowest BCUT2D eigenvalue weighted by Gasteiger charge is -2.11. The molecule has 0 aliphatic carbocycles. The first kappa shape index (κ1) is 18.6. The van der Waals surface area contributed by atoms with Gasteiger partial charge in [0, 0.05) is 12.6 Å². The Morgan fingerprint density at radius 1 is 1.24 bits per heavy atom. The van der Waals surface area contributed by atoms with E-state index in [1.54, 1.807) is 0 Å². The van der Waals surface area contributed by atoms with E-state index >= 15 is 0 Å². The molecular weight excluding hydrogens is 344 g/mol. The molecule has 7 heteroatoms. The van der Waals surface area contributed by atoms with Crippen LogP contribution in [0.4, 0.5) is 5.69 Å². The van der Waals surface area contributed by atoms with Crippen molar-refractivity contribution in [2.45, 2.75) is 13.5 Å². The molecule has 0 bridgehead atoms. The Hall–Kier alpha value is -2.73. The third-order valence-electron chi connectivity index (χ3n) is 3.61. The van der Waals surface area contributed by atoms with Crippen molar-refractivity contribution in [2.75, 3.05) is 19.5 Å². The first-order valence-corrected chi connectivity index (χ1v) is 7.91. The van der Waals surface area contributed by atoms with Crippen LogP contribution in [0.25, 0.3) is 0 Å². The maximum Gasteiger partial charge on any atom is 0.342 e. The molecule has 2 rings (SSSR count). The number of hydrogen-bond acceptors (Lipinski definition) is 5. The topological polar surface area (TPSA) is 90.7 Å². The molecule has 0 heterocycles. The number of methoxy groups -OCH3 is 1. The number of esters is 1. The molecule has 0 fully saturated rings. The van der Waals surface area contributed by atoms with E-state index < -0.39 is 18.5 Å². The van der Waals surface area contributed by atoms with Gasteiger partial charge < -0.3 is 20.5 Å². The summed E-state index contributed by atoms with van der Waals surface area (Å²) in [6, 6.07) is 10.5. The van der Waals surface area contributed by atoms with E-state index in [1.165, 1.54) is 19.2 Å². The Kier molecular flexibility index (Phi) is 6.25. The van der Waals surface area contributed by atoms with Crippen molar-refractivity contribution in [3.05, 3.63) is 58.1 Å². The summed E-state index contributed by atoms with van der Waals surface area (Å²) in [6.07, 6.45) is 0. The minimum absolute atomic E-state index is 0.105. The Morgan fingerprint density at radius 3 is 2.64 bits per heavy atom. The van der Waals surface area contributed by atoms with Crippen molar-refractivity contribution in [1.82, 2.24) is 5.32 Å². The minimum atomic E-state index is -0.718. The second-order valence-corrected chi connectivity index (χ2v) is 5.76. The van der Waals surface area contributed by atoms with Crippen molar-refractivity contribution < 1.29 is 19.1 Å². The van der Waals surface area contributed by atoms with E-state index in [1.807, 2.05) is 31.2 Å². The van der Waals surface area contributed by atoms with Crippen molar-refractivity contribution in [3.8, 4) is 5.75 Å². The number of amides is 1. The molecule has 6 nitrogen and oxygen atoms in total. The maximum absolute atomic E-state index is 12.1. The molecule has 0 atom stereocenters. The van der Waals surface area contributed by atoms with Crippen molar-refractivity contribution >= 4 is 29.2 Å². The molecule has 0 saturated heterocycles. The van der Waals surface area contributed by atoms with Gasteiger partial charge in [-0.15, -0.1) is 0 Å².